The van der Waals surface area contributed by atoms with Gasteiger partial charge in [0.05, 0.1) is 0 Å². The van der Waals surface area contributed by atoms with E-state index in [4.69, 9.17) is 5.73 Å². The highest BCUT2D eigenvalue weighted by atomic mass is 79.9. The second-order valence-electron chi connectivity index (χ2n) is 4.24. The number of fused-ring (bicyclic) bond motifs is 1. The first kappa shape index (κ1) is 10.2. The van der Waals surface area contributed by atoms with Crippen molar-refractivity contribution >= 4 is 15.9 Å². The molecule has 2 N–H and O–H groups in total. The van der Waals surface area contributed by atoms with Crippen molar-refractivity contribution in [1.29, 1.82) is 0 Å². The molecule has 1 aliphatic carbocycles. The number of aryl methyl sites for hydroxylation is 1. The van der Waals surface area contributed by atoms with Gasteiger partial charge in [0.1, 0.15) is 0 Å². The van der Waals surface area contributed by atoms with E-state index in [-0.39, 0.29) is 6.04 Å². The summed E-state index contributed by atoms with van der Waals surface area (Å²) in [6.07, 6.45) is 4.78. The normalized spacial score (nSPS) is 16.8. The topological polar surface area (TPSA) is 26.0 Å². The van der Waals surface area contributed by atoms with E-state index in [0.717, 1.165) is 6.42 Å². The van der Waals surface area contributed by atoms with Gasteiger partial charge in [-0.25, -0.2) is 0 Å². The largest absolute Gasteiger partial charge is 0.328 e. The van der Waals surface area contributed by atoms with Gasteiger partial charge in [0.25, 0.3) is 0 Å². The van der Waals surface area contributed by atoms with E-state index in [1.807, 2.05) is 0 Å². The zero-order valence-corrected chi connectivity index (χ0v) is 10.1. The number of halogens is 1. The van der Waals surface area contributed by atoms with Crippen molar-refractivity contribution in [2.45, 2.75) is 38.6 Å². The lowest BCUT2D eigenvalue weighted by Crippen LogP contribution is -2.18. The molecule has 0 bridgehead atoms. The highest BCUT2D eigenvalue weighted by Gasteiger charge is 2.16. The molecule has 0 radical (unpaired) electrons. The molecule has 0 heterocycles. The maximum absolute atomic E-state index is 5.85. The standard InChI is InChI=1S/C12H16BrN/c1-8(14)5-10-7-11(13)6-9-3-2-4-12(9)10/h6-8H,2-5,14H2,1H3. The Bertz CT molecular complexity index is 344. The third-order valence-corrected chi connectivity index (χ3v) is 3.27. The Balaban J connectivity index is 2.38. The molecule has 1 nitrogen and oxygen atoms in total. The zero-order valence-electron chi connectivity index (χ0n) is 8.52. The van der Waals surface area contributed by atoms with Crippen LogP contribution in [0.25, 0.3) is 0 Å². The van der Waals surface area contributed by atoms with Crippen molar-refractivity contribution in [3.63, 3.8) is 0 Å². The maximum atomic E-state index is 5.85. The molecule has 0 spiro atoms. The minimum atomic E-state index is 0.258. The molecule has 0 aromatic heterocycles. The van der Waals surface area contributed by atoms with Crippen LogP contribution >= 0.6 is 15.9 Å². The highest BCUT2D eigenvalue weighted by Crippen LogP contribution is 2.29. The summed E-state index contributed by atoms with van der Waals surface area (Å²) in [5, 5.41) is 0. The van der Waals surface area contributed by atoms with E-state index in [1.54, 1.807) is 5.56 Å². The SMILES string of the molecule is CC(N)Cc1cc(Br)cc2c1CCC2. The van der Waals surface area contributed by atoms with Crippen LogP contribution in [0.2, 0.25) is 0 Å². The Morgan fingerprint density at radius 2 is 2.21 bits per heavy atom. The number of hydrogen-bond acceptors (Lipinski definition) is 1. The van der Waals surface area contributed by atoms with Gasteiger partial charge in [-0.1, -0.05) is 15.9 Å². The van der Waals surface area contributed by atoms with E-state index < -0.39 is 0 Å². The molecule has 76 valence electrons. The highest BCUT2D eigenvalue weighted by molar-refractivity contribution is 9.10. The summed E-state index contributed by atoms with van der Waals surface area (Å²) in [6, 6.07) is 4.74. The molecular formula is C12H16BrN. The molecular weight excluding hydrogens is 238 g/mol. The average Bonchev–Trinajstić information content (AvgIpc) is 2.50. The minimum Gasteiger partial charge on any atom is -0.328 e. The van der Waals surface area contributed by atoms with Crippen LogP contribution in [0, 0.1) is 0 Å². The van der Waals surface area contributed by atoms with Gasteiger partial charge in [-0.15, -0.1) is 0 Å². The first-order valence-corrected chi connectivity index (χ1v) is 6.02. The van der Waals surface area contributed by atoms with E-state index in [9.17, 15) is 0 Å². The third kappa shape index (κ3) is 2.01. The number of hydrogen-bond donors (Lipinski definition) is 1. The average molecular weight is 254 g/mol. The molecule has 1 aromatic carbocycles. The molecule has 1 atom stereocenters. The van der Waals surface area contributed by atoms with Crippen LogP contribution in [-0.2, 0) is 19.3 Å². The van der Waals surface area contributed by atoms with Crippen molar-refractivity contribution in [1.82, 2.24) is 0 Å². The fourth-order valence-electron chi connectivity index (χ4n) is 2.28. The summed E-state index contributed by atoms with van der Waals surface area (Å²) in [7, 11) is 0. The number of benzene rings is 1. The molecule has 1 aliphatic rings. The van der Waals surface area contributed by atoms with Gasteiger partial charge in [0.15, 0.2) is 0 Å². The third-order valence-electron chi connectivity index (χ3n) is 2.81. The molecule has 0 fully saturated rings. The smallest absolute Gasteiger partial charge is 0.0180 e. The summed E-state index contributed by atoms with van der Waals surface area (Å²) in [5.41, 5.74) is 10.4. The van der Waals surface area contributed by atoms with Crippen molar-refractivity contribution in [3.8, 4) is 0 Å². The van der Waals surface area contributed by atoms with E-state index in [2.05, 4.69) is 35.0 Å². The minimum absolute atomic E-state index is 0.258. The molecule has 0 aliphatic heterocycles. The quantitative estimate of drug-likeness (QED) is 0.862. The van der Waals surface area contributed by atoms with E-state index >= 15 is 0 Å². The van der Waals surface area contributed by atoms with Crippen molar-refractivity contribution in [2.24, 2.45) is 5.73 Å². The first-order chi connectivity index (χ1) is 6.66. The summed E-state index contributed by atoms with van der Waals surface area (Å²) in [5.74, 6) is 0. The number of rotatable bonds is 2. The van der Waals surface area contributed by atoms with Gasteiger partial charge in [-0.3, -0.25) is 0 Å². The lowest BCUT2D eigenvalue weighted by atomic mass is 9.98. The predicted octanol–water partition coefficient (Wildman–Crippen LogP) is 2.83. The van der Waals surface area contributed by atoms with Crippen LogP contribution in [0.15, 0.2) is 16.6 Å². The van der Waals surface area contributed by atoms with E-state index in [1.165, 1.54) is 34.9 Å². The molecule has 0 amide bonds. The van der Waals surface area contributed by atoms with Crippen LogP contribution in [-0.4, -0.2) is 6.04 Å². The summed E-state index contributed by atoms with van der Waals surface area (Å²) < 4.78 is 1.20. The molecule has 2 heteroatoms. The summed E-state index contributed by atoms with van der Waals surface area (Å²) >= 11 is 3.56. The molecule has 0 saturated carbocycles. The van der Waals surface area contributed by atoms with Gasteiger partial charge >= 0.3 is 0 Å². The Morgan fingerprint density at radius 1 is 1.43 bits per heavy atom. The summed E-state index contributed by atoms with van der Waals surface area (Å²) in [4.78, 5) is 0. The molecule has 1 aromatic rings. The van der Waals surface area contributed by atoms with Gasteiger partial charge in [-0.2, -0.15) is 0 Å². The van der Waals surface area contributed by atoms with Crippen molar-refractivity contribution in [3.05, 3.63) is 33.3 Å². The molecule has 14 heavy (non-hydrogen) atoms. The molecule has 1 unspecified atom stereocenters. The lowest BCUT2D eigenvalue weighted by molar-refractivity contribution is 0.731. The lowest BCUT2D eigenvalue weighted by Gasteiger charge is -2.11. The van der Waals surface area contributed by atoms with Gasteiger partial charge < -0.3 is 5.73 Å². The van der Waals surface area contributed by atoms with Gasteiger partial charge in [0.2, 0.25) is 0 Å². The Morgan fingerprint density at radius 3 is 2.93 bits per heavy atom. The van der Waals surface area contributed by atoms with Crippen molar-refractivity contribution < 1.29 is 0 Å². The number of nitrogens with two attached hydrogens (primary N) is 1. The fraction of sp³-hybridized carbons (Fsp3) is 0.500. The van der Waals surface area contributed by atoms with Crippen LogP contribution in [0.3, 0.4) is 0 Å². The van der Waals surface area contributed by atoms with Gasteiger partial charge in [0, 0.05) is 10.5 Å². The molecule has 2 rings (SSSR count). The Labute approximate surface area is 93.8 Å². The van der Waals surface area contributed by atoms with Crippen LogP contribution in [0.1, 0.15) is 30.0 Å². The Hall–Kier alpha value is -0.340. The second kappa shape index (κ2) is 4.03. The fourth-order valence-corrected chi connectivity index (χ4v) is 2.84. The monoisotopic (exact) mass is 253 g/mol. The van der Waals surface area contributed by atoms with Crippen LogP contribution in [0.4, 0.5) is 0 Å². The predicted molar refractivity (Wildman–Crippen MR) is 63.5 cm³/mol. The second-order valence-corrected chi connectivity index (χ2v) is 5.15. The van der Waals surface area contributed by atoms with Gasteiger partial charge in [-0.05, 0) is 61.4 Å². The Kier molecular flexibility index (Phi) is 2.93. The molecule has 0 saturated heterocycles. The summed E-state index contributed by atoms with van der Waals surface area (Å²) in [6.45, 7) is 2.07. The first-order valence-electron chi connectivity index (χ1n) is 5.22. The maximum Gasteiger partial charge on any atom is 0.0180 e. The van der Waals surface area contributed by atoms with E-state index in [0.29, 0.717) is 0 Å². The zero-order chi connectivity index (χ0) is 10.1. The van der Waals surface area contributed by atoms with Crippen LogP contribution < -0.4 is 5.73 Å². The van der Waals surface area contributed by atoms with Crippen molar-refractivity contribution in [2.75, 3.05) is 0 Å². The van der Waals surface area contributed by atoms with Crippen LogP contribution in [0.5, 0.6) is 0 Å².